The van der Waals surface area contributed by atoms with E-state index in [2.05, 4.69) is 15.5 Å². The van der Waals surface area contributed by atoms with Gasteiger partial charge in [-0.05, 0) is 53.6 Å². The molecule has 0 aliphatic rings. The maximum Gasteiger partial charge on any atom is 0.335 e. The lowest BCUT2D eigenvalue weighted by Crippen LogP contribution is -2.18. The highest BCUT2D eigenvalue weighted by molar-refractivity contribution is 5.93. The molecule has 0 saturated carbocycles. The number of hydrogen-bond donors (Lipinski definition) is 2. The molecule has 152 valence electrons. The number of pyridine rings is 1. The van der Waals surface area contributed by atoms with Crippen molar-refractivity contribution in [2.24, 2.45) is 5.10 Å². The molecule has 0 aliphatic carbocycles. The Balaban J connectivity index is 1.64. The van der Waals surface area contributed by atoms with E-state index in [9.17, 15) is 9.59 Å². The molecule has 1 aromatic heterocycles. The van der Waals surface area contributed by atoms with Crippen molar-refractivity contribution >= 4 is 18.1 Å². The van der Waals surface area contributed by atoms with E-state index < -0.39 is 11.9 Å². The van der Waals surface area contributed by atoms with Crippen molar-refractivity contribution in [2.45, 2.75) is 6.61 Å². The van der Waals surface area contributed by atoms with Crippen LogP contribution in [0.4, 0.5) is 0 Å². The lowest BCUT2D eigenvalue weighted by atomic mass is 10.1. The van der Waals surface area contributed by atoms with Gasteiger partial charge in [-0.3, -0.25) is 9.78 Å². The van der Waals surface area contributed by atoms with Crippen LogP contribution in [0.5, 0.6) is 11.5 Å². The van der Waals surface area contributed by atoms with Gasteiger partial charge < -0.3 is 14.6 Å². The monoisotopic (exact) mass is 405 g/mol. The number of amides is 1. The summed E-state index contributed by atoms with van der Waals surface area (Å²) in [6.07, 6.45) is 3.00. The summed E-state index contributed by atoms with van der Waals surface area (Å²) in [6, 6.07) is 16.7. The summed E-state index contributed by atoms with van der Waals surface area (Å²) >= 11 is 0. The number of aromatic nitrogens is 1. The van der Waals surface area contributed by atoms with Crippen molar-refractivity contribution in [3.05, 3.63) is 89.2 Å². The van der Waals surface area contributed by atoms with E-state index in [0.29, 0.717) is 17.1 Å². The van der Waals surface area contributed by atoms with Crippen LogP contribution < -0.4 is 14.9 Å². The first-order chi connectivity index (χ1) is 14.6. The molecular weight excluding hydrogens is 386 g/mol. The van der Waals surface area contributed by atoms with Crippen molar-refractivity contribution in [2.75, 3.05) is 7.11 Å². The van der Waals surface area contributed by atoms with E-state index >= 15 is 0 Å². The Kier molecular flexibility index (Phi) is 6.73. The number of nitrogens with zero attached hydrogens (tertiary/aromatic N) is 2. The molecule has 0 saturated heterocycles. The first-order valence-electron chi connectivity index (χ1n) is 8.94. The Morgan fingerprint density at radius 1 is 1.10 bits per heavy atom. The van der Waals surface area contributed by atoms with Crippen LogP contribution in [-0.2, 0) is 6.61 Å². The molecule has 30 heavy (non-hydrogen) atoms. The fourth-order valence-corrected chi connectivity index (χ4v) is 2.56. The van der Waals surface area contributed by atoms with E-state index in [4.69, 9.17) is 14.6 Å². The van der Waals surface area contributed by atoms with Crippen LogP contribution in [0.15, 0.2) is 72.0 Å². The van der Waals surface area contributed by atoms with Gasteiger partial charge in [-0.1, -0.05) is 18.2 Å². The molecule has 3 aromatic rings. The van der Waals surface area contributed by atoms with Gasteiger partial charge in [0.05, 0.1) is 18.9 Å². The van der Waals surface area contributed by atoms with E-state index in [1.54, 1.807) is 54.6 Å². The second-order valence-corrected chi connectivity index (χ2v) is 6.12. The Hall–Kier alpha value is -4.20. The third-order valence-corrected chi connectivity index (χ3v) is 4.03. The van der Waals surface area contributed by atoms with Crippen LogP contribution >= 0.6 is 0 Å². The molecule has 0 atom stereocenters. The smallest absolute Gasteiger partial charge is 0.335 e. The Bertz CT molecular complexity index is 1070. The molecule has 8 nitrogen and oxygen atoms in total. The highest BCUT2D eigenvalue weighted by Crippen LogP contribution is 2.28. The lowest BCUT2D eigenvalue weighted by Gasteiger charge is -2.11. The average Bonchev–Trinajstić information content (AvgIpc) is 2.78. The van der Waals surface area contributed by atoms with Crippen molar-refractivity contribution in [1.29, 1.82) is 0 Å². The average molecular weight is 405 g/mol. The Morgan fingerprint density at radius 2 is 1.97 bits per heavy atom. The van der Waals surface area contributed by atoms with Crippen molar-refractivity contribution in [3.8, 4) is 11.5 Å². The largest absolute Gasteiger partial charge is 0.493 e. The first kappa shape index (κ1) is 20.5. The number of carboxylic acids is 1. The van der Waals surface area contributed by atoms with Gasteiger partial charge in [0.25, 0.3) is 5.91 Å². The summed E-state index contributed by atoms with van der Waals surface area (Å²) < 4.78 is 11.1. The molecule has 2 N–H and O–H groups in total. The number of carboxylic acid groups (broad SMARTS) is 1. The maximum absolute atomic E-state index is 11.9. The number of hydrazone groups is 1. The molecule has 1 heterocycles. The number of benzene rings is 2. The summed E-state index contributed by atoms with van der Waals surface area (Å²) in [6.45, 7) is 0.186. The topological polar surface area (TPSA) is 110 Å². The van der Waals surface area contributed by atoms with Crippen molar-refractivity contribution in [3.63, 3.8) is 0 Å². The van der Waals surface area contributed by atoms with Crippen LogP contribution in [0.1, 0.15) is 32.0 Å². The zero-order valence-electron chi connectivity index (χ0n) is 16.1. The van der Waals surface area contributed by atoms with Crippen LogP contribution in [0, 0.1) is 0 Å². The fraction of sp³-hybridized carbons (Fsp3) is 0.0909. The minimum absolute atomic E-state index is 0.186. The van der Waals surface area contributed by atoms with Crippen LogP contribution in [-0.4, -0.2) is 35.3 Å². The minimum Gasteiger partial charge on any atom is -0.493 e. The third kappa shape index (κ3) is 5.41. The number of ether oxygens (including phenoxy) is 2. The highest BCUT2D eigenvalue weighted by Gasteiger charge is 2.08. The van der Waals surface area contributed by atoms with E-state index in [0.717, 1.165) is 5.56 Å². The molecule has 0 bridgehead atoms. The van der Waals surface area contributed by atoms with Gasteiger partial charge in [0.2, 0.25) is 0 Å². The van der Waals surface area contributed by atoms with Gasteiger partial charge >= 0.3 is 5.97 Å². The molecule has 0 spiro atoms. The maximum atomic E-state index is 11.9. The van der Waals surface area contributed by atoms with Crippen molar-refractivity contribution < 1.29 is 24.2 Å². The number of hydrogen-bond acceptors (Lipinski definition) is 6. The predicted octanol–water partition coefficient (Wildman–Crippen LogP) is 3.13. The second kappa shape index (κ2) is 9.83. The van der Waals surface area contributed by atoms with E-state index in [1.165, 1.54) is 25.6 Å². The number of nitrogens with one attached hydrogen (secondary N) is 1. The molecule has 3 rings (SSSR count). The van der Waals surface area contributed by atoms with Crippen LogP contribution in [0.3, 0.4) is 0 Å². The lowest BCUT2D eigenvalue weighted by molar-refractivity contribution is 0.0696. The van der Waals surface area contributed by atoms with Crippen molar-refractivity contribution in [1.82, 2.24) is 10.4 Å². The molecule has 8 heteroatoms. The van der Waals surface area contributed by atoms with Crippen LogP contribution in [0.25, 0.3) is 0 Å². The highest BCUT2D eigenvalue weighted by atomic mass is 16.5. The summed E-state index contributed by atoms with van der Waals surface area (Å²) in [4.78, 5) is 26.9. The molecule has 0 fully saturated rings. The molecule has 0 aliphatic heterocycles. The van der Waals surface area contributed by atoms with Gasteiger partial charge in [0.1, 0.15) is 12.3 Å². The third-order valence-electron chi connectivity index (χ3n) is 4.03. The Morgan fingerprint density at radius 3 is 2.70 bits per heavy atom. The number of carbonyl (C=O) groups is 2. The van der Waals surface area contributed by atoms with Gasteiger partial charge in [0, 0.05) is 6.20 Å². The molecule has 2 aromatic carbocycles. The first-order valence-corrected chi connectivity index (χ1v) is 8.94. The standard InChI is InChI=1S/C22H19N3O5/c1-29-20-12-15(13-24-25-21(26)18-7-2-3-10-23-18)8-9-19(20)30-14-16-5-4-6-17(11-16)22(27)28/h2-13H,14H2,1H3,(H,25,26)(H,27,28)/b24-13-. The summed E-state index contributed by atoms with van der Waals surface area (Å²) in [5.41, 5.74) is 4.28. The van der Waals surface area contributed by atoms with Gasteiger partial charge in [-0.15, -0.1) is 0 Å². The zero-order valence-corrected chi connectivity index (χ0v) is 16.1. The Labute approximate surface area is 172 Å². The van der Waals surface area contributed by atoms with Gasteiger partial charge in [-0.25, -0.2) is 10.2 Å². The molecule has 1 amide bonds. The van der Waals surface area contributed by atoms with E-state index in [1.807, 2.05) is 0 Å². The zero-order chi connectivity index (χ0) is 21.3. The molecular formula is C22H19N3O5. The molecule has 0 radical (unpaired) electrons. The predicted molar refractivity (Wildman–Crippen MR) is 110 cm³/mol. The normalized spacial score (nSPS) is 10.6. The van der Waals surface area contributed by atoms with Gasteiger partial charge in [-0.2, -0.15) is 5.10 Å². The van der Waals surface area contributed by atoms with E-state index in [-0.39, 0.29) is 17.9 Å². The van der Waals surface area contributed by atoms with Gasteiger partial charge in [0.15, 0.2) is 11.5 Å². The quantitative estimate of drug-likeness (QED) is 0.440. The summed E-state index contributed by atoms with van der Waals surface area (Å²) in [5, 5.41) is 13.0. The second-order valence-electron chi connectivity index (χ2n) is 6.12. The fourth-order valence-electron chi connectivity index (χ4n) is 2.56. The minimum atomic E-state index is -0.992. The number of carbonyl (C=O) groups excluding carboxylic acids is 1. The number of aromatic carboxylic acids is 1. The van der Waals surface area contributed by atoms with Crippen LogP contribution in [0.2, 0.25) is 0 Å². The number of methoxy groups -OCH3 is 1. The summed E-state index contributed by atoms with van der Waals surface area (Å²) in [7, 11) is 1.51. The SMILES string of the molecule is COc1cc(/C=N\NC(=O)c2ccccn2)ccc1OCc1cccc(C(=O)O)c1. The molecule has 0 unspecified atom stereocenters. The summed E-state index contributed by atoms with van der Waals surface area (Å²) in [5.74, 6) is -0.437. The number of rotatable bonds is 8.